The summed E-state index contributed by atoms with van der Waals surface area (Å²) in [4.78, 5) is 19.6. The summed E-state index contributed by atoms with van der Waals surface area (Å²) in [7, 11) is 3.29. The third-order valence-corrected chi connectivity index (χ3v) is 4.60. The molecule has 142 valence electrons. The minimum absolute atomic E-state index is 0.0167. The number of aromatic nitrogens is 2. The number of fused-ring (bicyclic) bond motifs is 1. The van der Waals surface area contributed by atoms with Crippen LogP contribution in [0.25, 0.3) is 11.0 Å². The van der Waals surface area contributed by atoms with Crippen LogP contribution in [0.3, 0.4) is 0 Å². The molecule has 0 fully saturated rings. The van der Waals surface area contributed by atoms with Gasteiger partial charge in [0.1, 0.15) is 11.5 Å². The highest BCUT2D eigenvalue weighted by Crippen LogP contribution is 2.25. The van der Waals surface area contributed by atoms with Crippen molar-refractivity contribution in [3.63, 3.8) is 0 Å². The number of carbonyl (C=O) groups is 1. The molecule has 0 saturated heterocycles. The quantitative estimate of drug-likeness (QED) is 0.641. The number of nitrogens with zero attached hydrogens (tertiary/aromatic N) is 1. The number of methoxy groups -OCH3 is 2. The second kappa shape index (κ2) is 8.58. The van der Waals surface area contributed by atoms with Gasteiger partial charge >= 0.3 is 0 Å². The van der Waals surface area contributed by atoms with Crippen LogP contribution in [-0.4, -0.2) is 36.1 Å². The van der Waals surface area contributed by atoms with Crippen LogP contribution in [0.5, 0.6) is 11.5 Å². The normalized spacial score (nSPS) is 12.0. The van der Waals surface area contributed by atoms with Gasteiger partial charge in [-0.05, 0) is 49.1 Å². The van der Waals surface area contributed by atoms with Crippen molar-refractivity contribution in [1.82, 2.24) is 15.3 Å². The summed E-state index contributed by atoms with van der Waals surface area (Å²) in [5.41, 5.74) is 3.92. The number of aryl methyl sites for hydroxylation is 1. The van der Waals surface area contributed by atoms with E-state index in [-0.39, 0.29) is 11.9 Å². The SMILES string of the molecule is COc1ccc(CCC(C)NC(=O)Cc2ccc3nc[nH]c3c2)c(OC)c1. The second-order valence-electron chi connectivity index (χ2n) is 6.62. The van der Waals surface area contributed by atoms with Crippen LogP contribution >= 0.6 is 0 Å². The van der Waals surface area contributed by atoms with Crippen LogP contribution in [0.1, 0.15) is 24.5 Å². The monoisotopic (exact) mass is 367 g/mol. The second-order valence-corrected chi connectivity index (χ2v) is 6.62. The van der Waals surface area contributed by atoms with Crippen molar-refractivity contribution in [3.05, 3.63) is 53.9 Å². The number of carbonyl (C=O) groups excluding carboxylic acids is 1. The Bertz CT molecular complexity index is 920. The van der Waals surface area contributed by atoms with Crippen LogP contribution in [0, 0.1) is 0 Å². The summed E-state index contributed by atoms with van der Waals surface area (Å²) in [6, 6.07) is 11.7. The van der Waals surface area contributed by atoms with E-state index in [4.69, 9.17) is 9.47 Å². The largest absolute Gasteiger partial charge is 0.497 e. The fourth-order valence-electron chi connectivity index (χ4n) is 3.11. The first kappa shape index (κ1) is 18.8. The average molecular weight is 367 g/mol. The van der Waals surface area contributed by atoms with E-state index in [0.717, 1.165) is 46.5 Å². The van der Waals surface area contributed by atoms with Crippen molar-refractivity contribution in [3.8, 4) is 11.5 Å². The number of imidazole rings is 1. The fourth-order valence-corrected chi connectivity index (χ4v) is 3.11. The number of hydrogen-bond acceptors (Lipinski definition) is 4. The molecule has 3 aromatic rings. The van der Waals surface area contributed by atoms with Gasteiger partial charge in [0.25, 0.3) is 0 Å². The molecule has 1 atom stereocenters. The standard InChI is InChI=1S/C21H25N3O3/c1-14(4-6-16-7-8-17(26-2)12-20(16)27-3)24-21(25)11-15-5-9-18-19(10-15)23-13-22-18/h5,7-10,12-14H,4,6,11H2,1-3H3,(H,22,23)(H,24,25). The van der Waals surface area contributed by atoms with Crippen molar-refractivity contribution in [2.24, 2.45) is 0 Å². The van der Waals surface area contributed by atoms with E-state index >= 15 is 0 Å². The van der Waals surface area contributed by atoms with Gasteiger partial charge in [-0.1, -0.05) is 12.1 Å². The number of rotatable bonds is 8. The molecule has 0 bridgehead atoms. The maximum atomic E-state index is 12.3. The summed E-state index contributed by atoms with van der Waals surface area (Å²) < 4.78 is 10.7. The Labute approximate surface area is 158 Å². The van der Waals surface area contributed by atoms with E-state index in [0.29, 0.717) is 6.42 Å². The Morgan fingerprint density at radius 3 is 2.81 bits per heavy atom. The van der Waals surface area contributed by atoms with Crippen molar-refractivity contribution < 1.29 is 14.3 Å². The first-order valence-corrected chi connectivity index (χ1v) is 9.01. The van der Waals surface area contributed by atoms with E-state index in [2.05, 4.69) is 15.3 Å². The molecule has 0 saturated carbocycles. The number of ether oxygens (including phenoxy) is 2. The van der Waals surface area contributed by atoms with Gasteiger partial charge in [-0.25, -0.2) is 4.98 Å². The summed E-state index contributed by atoms with van der Waals surface area (Å²) in [5, 5.41) is 3.07. The van der Waals surface area contributed by atoms with Gasteiger partial charge in [-0.15, -0.1) is 0 Å². The van der Waals surface area contributed by atoms with E-state index in [1.807, 2.05) is 43.3 Å². The maximum absolute atomic E-state index is 12.3. The van der Waals surface area contributed by atoms with E-state index in [1.54, 1.807) is 20.5 Å². The lowest BCUT2D eigenvalue weighted by Crippen LogP contribution is -2.34. The molecule has 2 aromatic carbocycles. The molecule has 2 N–H and O–H groups in total. The Hall–Kier alpha value is -3.02. The molecule has 0 aliphatic carbocycles. The van der Waals surface area contributed by atoms with Crippen molar-refractivity contribution >= 4 is 16.9 Å². The lowest BCUT2D eigenvalue weighted by molar-refractivity contribution is -0.121. The molecule has 27 heavy (non-hydrogen) atoms. The smallest absolute Gasteiger partial charge is 0.224 e. The summed E-state index contributed by atoms with van der Waals surface area (Å²) in [5.74, 6) is 1.59. The fraction of sp³-hybridized carbons (Fsp3) is 0.333. The number of hydrogen-bond donors (Lipinski definition) is 2. The number of aromatic amines is 1. The molecule has 1 amide bonds. The number of benzene rings is 2. The van der Waals surface area contributed by atoms with Crippen molar-refractivity contribution in [2.45, 2.75) is 32.2 Å². The number of nitrogens with one attached hydrogen (secondary N) is 2. The highest BCUT2D eigenvalue weighted by molar-refractivity contribution is 5.81. The van der Waals surface area contributed by atoms with Crippen LogP contribution in [0.2, 0.25) is 0 Å². The summed E-state index contributed by atoms with van der Waals surface area (Å²) >= 11 is 0. The minimum atomic E-state index is 0.0167. The third kappa shape index (κ3) is 4.78. The minimum Gasteiger partial charge on any atom is -0.497 e. The number of H-pyrrole nitrogens is 1. The van der Waals surface area contributed by atoms with Crippen LogP contribution < -0.4 is 14.8 Å². The molecular weight excluding hydrogens is 342 g/mol. The van der Waals surface area contributed by atoms with Gasteiger partial charge in [-0.2, -0.15) is 0 Å². The molecule has 6 heteroatoms. The van der Waals surface area contributed by atoms with Gasteiger partial charge in [0, 0.05) is 12.1 Å². The van der Waals surface area contributed by atoms with Crippen molar-refractivity contribution in [2.75, 3.05) is 14.2 Å². The van der Waals surface area contributed by atoms with E-state index in [1.165, 1.54) is 0 Å². The van der Waals surface area contributed by atoms with E-state index in [9.17, 15) is 4.79 Å². The van der Waals surface area contributed by atoms with Gasteiger partial charge in [0.15, 0.2) is 0 Å². The molecular formula is C21H25N3O3. The lowest BCUT2D eigenvalue weighted by atomic mass is 10.0. The molecule has 3 rings (SSSR count). The highest BCUT2D eigenvalue weighted by Gasteiger charge is 2.11. The summed E-state index contributed by atoms with van der Waals surface area (Å²) in [6.07, 6.45) is 3.65. The topological polar surface area (TPSA) is 76.2 Å². The van der Waals surface area contributed by atoms with Gasteiger partial charge < -0.3 is 19.8 Å². The Morgan fingerprint density at radius 2 is 2.04 bits per heavy atom. The lowest BCUT2D eigenvalue weighted by Gasteiger charge is -2.15. The zero-order valence-corrected chi connectivity index (χ0v) is 15.9. The molecule has 0 aliphatic heterocycles. The molecule has 0 spiro atoms. The Balaban J connectivity index is 1.52. The van der Waals surface area contributed by atoms with Crippen LogP contribution in [0.15, 0.2) is 42.7 Å². The van der Waals surface area contributed by atoms with Crippen LogP contribution in [0.4, 0.5) is 0 Å². The van der Waals surface area contributed by atoms with Crippen molar-refractivity contribution in [1.29, 1.82) is 0 Å². The zero-order chi connectivity index (χ0) is 19.2. The maximum Gasteiger partial charge on any atom is 0.224 e. The Kier molecular flexibility index (Phi) is 5.96. The Morgan fingerprint density at radius 1 is 1.19 bits per heavy atom. The molecule has 6 nitrogen and oxygen atoms in total. The predicted molar refractivity (Wildman–Crippen MR) is 105 cm³/mol. The first-order chi connectivity index (χ1) is 13.1. The first-order valence-electron chi connectivity index (χ1n) is 9.01. The van der Waals surface area contributed by atoms with Gasteiger partial charge in [0.05, 0.1) is 38.0 Å². The molecule has 1 heterocycles. The zero-order valence-electron chi connectivity index (χ0n) is 15.9. The van der Waals surface area contributed by atoms with Gasteiger partial charge in [0.2, 0.25) is 5.91 Å². The molecule has 1 unspecified atom stereocenters. The third-order valence-electron chi connectivity index (χ3n) is 4.60. The van der Waals surface area contributed by atoms with E-state index < -0.39 is 0 Å². The molecule has 0 aliphatic rings. The molecule has 0 radical (unpaired) electrons. The average Bonchev–Trinajstić information content (AvgIpc) is 3.13. The predicted octanol–water partition coefficient (Wildman–Crippen LogP) is 3.26. The summed E-state index contributed by atoms with van der Waals surface area (Å²) in [6.45, 7) is 2.02. The molecule has 1 aromatic heterocycles. The van der Waals surface area contributed by atoms with Gasteiger partial charge in [-0.3, -0.25) is 4.79 Å². The number of amides is 1. The van der Waals surface area contributed by atoms with Crippen LogP contribution in [-0.2, 0) is 17.6 Å². The highest BCUT2D eigenvalue weighted by atomic mass is 16.5.